The number of methoxy groups -OCH3 is 1. The van der Waals surface area contributed by atoms with Crippen LogP contribution in [0.4, 0.5) is 0 Å². The van der Waals surface area contributed by atoms with Crippen LogP contribution in [0.2, 0.25) is 0 Å². The summed E-state index contributed by atoms with van der Waals surface area (Å²) in [5.41, 5.74) is 1.85. The molecule has 0 N–H and O–H groups in total. The van der Waals surface area contributed by atoms with Crippen molar-refractivity contribution in [2.45, 2.75) is 20.1 Å². The molecule has 1 heterocycles. The van der Waals surface area contributed by atoms with Crippen LogP contribution in [0.5, 0.6) is 0 Å². The largest absolute Gasteiger partial charge is 0.463 e. The van der Waals surface area contributed by atoms with E-state index >= 15 is 0 Å². The SMILES string of the molecule is COC(=O)c1oc(COCc2ccccc2)cc1C. The minimum atomic E-state index is -0.466. The van der Waals surface area contributed by atoms with E-state index in [1.807, 2.05) is 30.3 Å². The zero-order chi connectivity index (χ0) is 13.7. The van der Waals surface area contributed by atoms with Crippen molar-refractivity contribution in [3.05, 3.63) is 59.0 Å². The van der Waals surface area contributed by atoms with E-state index in [9.17, 15) is 4.79 Å². The van der Waals surface area contributed by atoms with Gasteiger partial charge in [0.15, 0.2) is 0 Å². The van der Waals surface area contributed by atoms with Crippen LogP contribution in [0.25, 0.3) is 0 Å². The fourth-order valence-electron chi connectivity index (χ4n) is 1.76. The van der Waals surface area contributed by atoms with Gasteiger partial charge in [-0.05, 0) is 18.6 Å². The minimum absolute atomic E-state index is 0.237. The summed E-state index contributed by atoms with van der Waals surface area (Å²) in [6.07, 6.45) is 0. The molecule has 2 aromatic rings. The summed E-state index contributed by atoms with van der Waals surface area (Å²) in [7, 11) is 1.33. The Bertz CT molecular complexity index is 543. The van der Waals surface area contributed by atoms with E-state index < -0.39 is 5.97 Å². The molecule has 4 heteroatoms. The van der Waals surface area contributed by atoms with E-state index in [0.29, 0.717) is 19.0 Å². The molecule has 0 amide bonds. The minimum Gasteiger partial charge on any atom is -0.463 e. The molecule has 0 saturated carbocycles. The van der Waals surface area contributed by atoms with Gasteiger partial charge < -0.3 is 13.9 Å². The number of aryl methyl sites for hydroxylation is 1. The Labute approximate surface area is 111 Å². The fourth-order valence-corrected chi connectivity index (χ4v) is 1.76. The lowest BCUT2D eigenvalue weighted by Gasteiger charge is -2.02. The van der Waals surface area contributed by atoms with Crippen LogP contribution in [0.1, 0.15) is 27.4 Å². The first kappa shape index (κ1) is 13.4. The highest BCUT2D eigenvalue weighted by atomic mass is 16.5. The van der Waals surface area contributed by atoms with Crippen molar-refractivity contribution in [3.63, 3.8) is 0 Å². The third-order valence-corrected chi connectivity index (χ3v) is 2.70. The molecule has 0 aliphatic carbocycles. The number of hydrogen-bond donors (Lipinski definition) is 0. The highest BCUT2D eigenvalue weighted by Crippen LogP contribution is 2.16. The van der Waals surface area contributed by atoms with Gasteiger partial charge in [0, 0.05) is 5.56 Å². The zero-order valence-corrected chi connectivity index (χ0v) is 11.0. The number of hydrogen-bond acceptors (Lipinski definition) is 4. The Hall–Kier alpha value is -2.07. The first-order valence-corrected chi connectivity index (χ1v) is 6.00. The molecule has 0 bridgehead atoms. The monoisotopic (exact) mass is 260 g/mol. The molecule has 0 fully saturated rings. The van der Waals surface area contributed by atoms with Crippen molar-refractivity contribution in [2.75, 3.05) is 7.11 Å². The van der Waals surface area contributed by atoms with Crippen molar-refractivity contribution < 1.29 is 18.7 Å². The van der Waals surface area contributed by atoms with Crippen LogP contribution in [0.3, 0.4) is 0 Å². The summed E-state index contributed by atoms with van der Waals surface area (Å²) in [6, 6.07) is 11.7. The van der Waals surface area contributed by atoms with Gasteiger partial charge in [0.2, 0.25) is 5.76 Å². The van der Waals surface area contributed by atoms with E-state index in [1.165, 1.54) is 7.11 Å². The molecule has 2 rings (SSSR count). The first-order valence-electron chi connectivity index (χ1n) is 6.00. The second kappa shape index (κ2) is 6.20. The average Bonchev–Trinajstić information content (AvgIpc) is 2.80. The maximum Gasteiger partial charge on any atom is 0.374 e. The highest BCUT2D eigenvalue weighted by molar-refractivity contribution is 5.87. The Kier molecular flexibility index (Phi) is 4.36. The number of benzene rings is 1. The average molecular weight is 260 g/mol. The predicted molar refractivity (Wildman–Crippen MR) is 69.7 cm³/mol. The number of carbonyl (C=O) groups excluding carboxylic acids is 1. The molecule has 1 aromatic carbocycles. The van der Waals surface area contributed by atoms with Crippen molar-refractivity contribution >= 4 is 5.97 Å². The van der Waals surface area contributed by atoms with Gasteiger partial charge >= 0.3 is 5.97 Å². The van der Waals surface area contributed by atoms with E-state index in [4.69, 9.17) is 9.15 Å². The van der Waals surface area contributed by atoms with Gasteiger partial charge in [-0.2, -0.15) is 0 Å². The topological polar surface area (TPSA) is 48.7 Å². The van der Waals surface area contributed by atoms with Gasteiger partial charge in [-0.3, -0.25) is 0 Å². The van der Waals surface area contributed by atoms with Crippen LogP contribution < -0.4 is 0 Å². The molecular weight excluding hydrogens is 244 g/mol. The summed E-state index contributed by atoms with van der Waals surface area (Å²) in [6.45, 7) is 2.64. The van der Waals surface area contributed by atoms with Crippen molar-refractivity contribution in [1.82, 2.24) is 0 Å². The molecule has 0 radical (unpaired) electrons. The van der Waals surface area contributed by atoms with Crippen molar-refractivity contribution in [2.24, 2.45) is 0 Å². The zero-order valence-electron chi connectivity index (χ0n) is 11.0. The summed E-state index contributed by atoms with van der Waals surface area (Å²) in [4.78, 5) is 11.4. The van der Waals surface area contributed by atoms with Crippen LogP contribution in [-0.4, -0.2) is 13.1 Å². The van der Waals surface area contributed by atoms with Gasteiger partial charge in [0.25, 0.3) is 0 Å². The lowest BCUT2D eigenvalue weighted by atomic mass is 10.2. The molecule has 100 valence electrons. The third-order valence-electron chi connectivity index (χ3n) is 2.70. The standard InChI is InChI=1S/C15H16O4/c1-11-8-13(19-14(11)15(16)17-2)10-18-9-12-6-4-3-5-7-12/h3-8H,9-10H2,1-2H3. The van der Waals surface area contributed by atoms with Gasteiger partial charge in [0.1, 0.15) is 12.4 Å². The van der Waals surface area contributed by atoms with Gasteiger partial charge in [-0.25, -0.2) is 4.79 Å². The van der Waals surface area contributed by atoms with Crippen molar-refractivity contribution in [1.29, 1.82) is 0 Å². The van der Waals surface area contributed by atoms with E-state index in [2.05, 4.69) is 4.74 Å². The van der Waals surface area contributed by atoms with Gasteiger partial charge in [-0.1, -0.05) is 30.3 Å². The quantitative estimate of drug-likeness (QED) is 0.775. The molecule has 0 aliphatic heterocycles. The number of carbonyl (C=O) groups is 1. The van der Waals surface area contributed by atoms with Gasteiger partial charge in [-0.15, -0.1) is 0 Å². The maximum atomic E-state index is 11.4. The summed E-state index contributed by atoms with van der Waals surface area (Å²) < 4.78 is 15.6. The Morgan fingerprint density at radius 3 is 2.63 bits per heavy atom. The second-order valence-corrected chi connectivity index (χ2v) is 4.19. The molecule has 0 spiro atoms. The molecule has 0 atom stereocenters. The Morgan fingerprint density at radius 1 is 1.21 bits per heavy atom. The van der Waals surface area contributed by atoms with E-state index in [-0.39, 0.29) is 5.76 Å². The second-order valence-electron chi connectivity index (χ2n) is 4.19. The molecule has 0 aliphatic rings. The van der Waals surface area contributed by atoms with Crippen LogP contribution in [0.15, 0.2) is 40.8 Å². The molecule has 19 heavy (non-hydrogen) atoms. The summed E-state index contributed by atoms with van der Waals surface area (Å²) in [5, 5.41) is 0. The van der Waals surface area contributed by atoms with E-state index in [0.717, 1.165) is 11.1 Å². The van der Waals surface area contributed by atoms with Crippen LogP contribution in [0, 0.1) is 6.92 Å². The van der Waals surface area contributed by atoms with E-state index in [1.54, 1.807) is 13.0 Å². The molecular formula is C15H16O4. The summed E-state index contributed by atoms with van der Waals surface area (Å²) in [5.74, 6) is 0.390. The number of esters is 1. The molecule has 4 nitrogen and oxygen atoms in total. The molecule has 0 unspecified atom stereocenters. The smallest absolute Gasteiger partial charge is 0.374 e. The summed E-state index contributed by atoms with van der Waals surface area (Å²) >= 11 is 0. The maximum absolute atomic E-state index is 11.4. The highest BCUT2D eigenvalue weighted by Gasteiger charge is 2.15. The first-order chi connectivity index (χ1) is 9.20. The third kappa shape index (κ3) is 3.45. The lowest BCUT2D eigenvalue weighted by molar-refractivity contribution is 0.0547. The van der Waals surface area contributed by atoms with Gasteiger partial charge in [0.05, 0.1) is 13.7 Å². The molecule has 1 aromatic heterocycles. The number of ether oxygens (including phenoxy) is 2. The predicted octanol–water partition coefficient (Wildman–Crippen LogP) is 3.09. The Balaban J connectivity index is 1.92. The number of furan rings is 1. The number of rotatable bonds is 5. The Morgan fingerprint density at radius 2 is 1.95 bits per heavy atom. The van der Waals surface area contributed by atoms with Crippen molar-refractivity contribution in [3.8, 4) is 0 Å². The normalized spacial score (nSPS) is 10.4. The lowest BCUT2D eigenvalue weighted by Crippen LogP contribution is -2.00. The fraction of sp³-hybridized carbons (Fsp3) is 0.267. The van der Waals surface area contributed by atoms with Crippen LogP contribution in [-0.2, 0) is 22.7 Å². The van der Waals surface area contributed by atoms with Crippen LogP contribution >= 0.6 is 0 Å². The molecule has 0 saturated heterocycles.